The molecule has 146 valence electrons. The molecule has 6 heteroatoms. The van der Waals surface area contributed by atoms with Gasteiger partial charge < -0.3 is 15.4 Å². The van der Waals surface area contributed by atoms with Gasteiger partial charge in [-0.25, -0.2) is 4.98 Å². The summed E-state index contributed by atoms with van der Waals surface area (Å²) < 4.78 is 6.12. The molecule has 3 rings (SSSR count). The summed E-state index contributed by atoms with van der Waals surface area (Å²) in [5, 5.41) is 10.4. The third-order valence-electron chi connectivity index (χ3n) is 4.69. The summed E-state index contributed by atoms with van der Waals surface area (Å²) in [6, 6.07) is 8.45. The number of aromatic nitrogens is 1. The number of nitrogens with zero attached hydrogens (tertiary/aromatic N) is 2. The first kappa shape index (κ1) is 19.7. The predicted octanol–water partition coefficient (Wildman–Crippen LogP) is 4.24. The number of aryl methyl sites for hydroxylation is 2. The fourth-order valence-electron chi connectivity index (χ4n) is 3.42. The number of rotatable bonds is 6. The lowest BCUT2D eigenvalue weighted by Crippen LogP contribution is -2.45. The Morgan fingerprint density at radius 1 is 1.33 bits per heavy atom. The Labute approximate surface area is 166 Å². The van der Waals surface area contributed by atoms with Gasteiger partial charge in [0, 0.05) is 36.7 Å². The van der Waals surface area contributed by atoms with Gasteiger partial charge in [0.15, 0.2) is 5.96 Å². The highest BCUT2D eigenvalue weighted by Crippen LogP contribution is 2.39. The molecule has 0 amide bonds. The average molecular weight is 387 g/mol. The molecule has 2 N–H and O–H groups in total. The van der Waals surface area contributed by atoms with Crippen molar-refractivity contribution in [3.63, 3.8) is 0 Å². The first-order chi connectivity index (χ1) is 13.0. The third kappa shape index (κ3) is 5.45. The SMILES string of the molecule is CN=C(NCCCCc1nc(C)cs1)NC1CC(C)(C)Oc2ccccc21. The van der Waals surface area contributed by atoms with Gasteiger partial charge in [0.2, 0.25) is 0 Å². The topological polar surface area (TPSA) is 58.5 Å². The highest BCUT2D eigenvalue weighted by atomic mass is 32.1. The molecule has 0 radical (unpaired) electrons. The van der Waals surface area contributed by atoms with E-state index >= 15 is 0 Å². The summed E-state index contributed by atoms with van der Waals surface area (Å²) in [5.74, 6) is 1.80. The number of ether oxygens (including phenoxy) is 1. The molecule has 27 heavy (non-hydrogen) atoms. The van der Waals surface area contributed by atoms with Crippen LogP contribution in [0.3, 0.4) is 0 Å². The molecule has 0 aliphatic carbocycles. The van der Waals surface area contributed by atoms with Gasteiger partial charge in [0.25, 0.3) is 0 Å². The Kier molecular flexibility index (Phi) is 6.37. The zero-order valence-corrected chi connectivity index (χ0v) is 17.5. The van der Waals surface area contributed by atoms with E-state index in [4.69, 9.17) is 4.74 Å². The van der Waals surface area contributed by atoms with Crippen molar-refractivity contribution >= 4 is 17.3 Å². The summed E-state index contributed by atoms with van der Waals surface area (Å²) in [7, 11) is 1.82. The van der Waals surface area contributed by atoms with E-state index in [0.717, 1.165) is 49.6 Å². The highest BCUT2D eigenvalue weighted by molar-refractivity contribution is 7.09. The van der Waals surface area contributed by atoms with E-state index in [1.54, 1.807) is 11.3 Å². The molecule has 0 saturated heterocycles. The van der Waals surface area contributed by atoms with Crippen molar-refractivity contribution < 1.29 is 4.74 Å². The molecule has 2 heterocycles. The lowest BCUT2D eigenvalue weighted by atomic mass is 9.90. The maximum Gasteiger partial charge on any atom is 0.191 e. The second kappa shape index (κ2) is 8.74. The summed E-state index contributed by atoms with van der Waals surface area (Å²) in [6.07, 6.45) is 4.17. The number of guanidine groups is 1. The summed E-state index contributed by atoms with van der Waals surface area (Å²) in [4.78, 5) is 8.93. The quantitative estimate of drug-likeness (QED) is 0.443. The van der Waals surface area contributed by atoms with E-state index in [-0.39, 0.29) is 11.6 Å². The van der Waals surface area contributed by atoms with Crippen LogP contribution in [-0.4, -0.2) is 30.1 Å². The van der Waals surface area contributed by atoms with Gasteiger partial charge in [0.05, 0.1) is 11.0 Å². The molecular formula is C21H30N4OS. The van der Waals surface area contributed by atoms with Crippen molar-refractivity contribution in [2.24, 2.45) is 4.99 Å². The van der Waals surface area contributed by atoms with Crippen LogP contribution in [0.4, 0.5) is 0 Å². The molecular weight excluding hydrogens is 356 g/mol. The van der Waals surface area contributed by atoms with Crippen molar-refractivity contribution in [3.8, 4) is 5.75 Å². The molecule has 0 bridgehead atoms. The number of nitrogens with one attached hydrogen (secondary N) is 2. The van der Waals surface area contributed by atoms with Crippen LogP contribution in [0.15, 0.2) is 34.6 Å². The molecule has 1 unspecified atom stereocenters. The average Bonchev–Trinajstić information content (AvgIpc) is 3.04. The maximum absolute atomic E-state index is 6.12. The smallest absolute Gasteiger partial charge is 0.191 e. The van der Waals surface area contributed by atoms with Crippen molar-refractivity contribution in [2.75, 3.05) is 13.6 Å². The van der Waals surface area contributed by atoms with E-state index in [1.165, 1.54) is 10.6 Å². The molecule has 0 fully saturated rings. The molecule has 2 aromatic rings. The zero-order chi connectivity index (χ0) is 19.3. The van der Waals surface area contributed by atoms with Gasteiger partial charge in [-0.15, -0.1) is 11.3 Å². The van der Waals surface area contributed by atoms with E-state index in [2.05, 4.69) is 52.0 Å². The minimum atomic E-state index is -0.198. The normalized spacial score (nSPS) is 18.5. The van der Waals surface area contributed by atoms with Crippen molar-refractivity contribution in [3.05, 3.63) is 45.9 Å². The number of fused-ring (bicyclic) bond motifs is 1. The van der Waals surface area contributed by atoms with Gasteiger partial charge in [-0.2, -0.15) is 0 Å². The number of benzene rings is 1. The number of hydrogen-bond acceptors (Lipinski definition) is 4. The fourth-order valence-corrected chi connectivity index (χ4v) is 4.23. The molecule has 0 saturated carbocycles. The van der Waals surface area contributed by atoms with Crippen LogP contribution < -0.4 is 15.4 Å². The minimum absolute atomic E-state index is 0.189. The van der Waals surface area contributed by atoms with E-state index in [9.17, 15) is 0 Å². The zero-order valence-electron chi connectivity index (χ0n) is 16.7. The number of para-hydroxylation sites is 1. The Morgan fingerprint density at radius 2 is 2.15 bits per heavy atom. The predicted molar refractivity (Wildman–Crippen MR) is 113 cm³/mol. The maximum atomic E-state index is 6.12. The lowest BCUT2D eigenvalue weighted by Gasteiger charge is -2.38. The van der Waals surface area contributed by atoms with Gasteiger partial charge in [-0.05, 0) is 46.1 Å². The van der Waals surface area contributed by atoms with Crippen LogP contribution >= 0.6 is 11.3 Å². The molecule has 1 atom stereocenters. The van der Waals surface area contributed by atoms with Crippen molar-refractivity contribution in [1.82, 2.24) is 15.6 Å². The van der Waals surface area contributed by atoms with Crippen LogP contribution in [0, 0.1) is 6.92 Å². The van der Waals surface area contributed by atoms with Crippen LogP contribution in [0.5, 0.6) is 5.75 Å². The molecule has 1 aromatic carbocycles. The molecule has 1 aromatic heterocycles. The Hall–Kier alpha value is -2.08. The summed E-state index contributed by atoms with van der Waals surface area (Å²) >= 11 is 1.76. The van der Waals surface area contributed by atoms with E-state index in [1.807, 2.05) is 26.1 Å². The Morgan fingerprint density at radius 3 is 2.89 bits per heavy atom. The van der Waals surface area contributed by atoms with Gasteiger partial charge in [-0.3, -0.25) is 4.99 Å². The number of thiazole rings is 1. The number of unbranched alkanes of at least 4 members (excludes halogenated alkanes) is 1. The van der Waals surface area contributed by atoms with Crippen molar-refractivity contribution in [1.29, 1.82) is 0 Å². The second-order valence-electron chi connectivity index (χ2n) is 7.64. The summed E-state index contributed by atoms with van der Waals surface area (Å²) in [5.41, 5.74) is 2.12. The van der Waals surface area contributed by atoms with E-state index < -0.39 is 0 Å². The first-order valence-corrected chi connectivity index (χ1v) is 10.5. The Bertz CT molecular complexity index is 784. The molecule has 1 aliphatic heterocycles. The van der Waals surface area contributed by atoms with Crippen LogP contribution in [0.2, 0.25) is 0 Å². The van der Waals surface area contributed by atoms with Crippen LogP contribution in [0.1, 0.15) is 55.4 Å². The Balaban J connectivity index is 1.50. The standard InChI is InChI=1S/C21H30N4OS/c1-15-14-27-19(24-15)11-7-8-12-23-20(22-4)25-17-13-21(2,3)26-18-10-6-5-9-16(17)18/h5-6,9-10,14,17H,7-8,11-13H2,1-4H3,(H2,22,23,25). The van der Waals surface area contributed by atoms with Gasteiger partial charge in [-0.1, -0.05) is 18.2 Å². The van der Waals surface area contributed by atoms with Gasteiger partial charge >= 0.3 is 0 Å². The largest absolute Gasteiger partial charge is 0.487 e. The lowest BCUT2D eigenvalue weighted by molar-refractivity contribution is 0.0694. The third-order valence-corrected chi connectivity index (χ3v) is 5.71. The first-order valence-electron chi connectivity index (χ1n) is 9.63. The van der Waals surface area contributed by atoms with E-state index in [0.29, 0.717) is 0 Å². The molecule has 5 nitrogen and oxygen atoms in total. The molecule has 1 aliphatic rings. The monoisotopic (exact) mass is 386 g/mol. The minimum Gasteiger partial charge on any atom is -0.487 e. The van der Waals surface area contributed by atoms with Crippen LogP contribution in [-0.2, 0) is 6.42 Å². The number of hydrogen-bond donors (Lipinski definition) is 2. The van der Waals surface area contributed by atoms with Crippen molar-refractivity contribution in [2.45, 2.75) is 58.1 Å². The summed E-state index contributed by atoms with van der Waals surface area (Å²) in [6.45, 7) is 7.22. The van der Waals surface area contributed by atoms with Crippen LogP contribution in [0.25, 0.3) is 0 Å². The fraction of sp³-hybridized carbons (Fsp3) is 0.524. The second-order valence-corrected chi connectivity index (χ2v) is 8.58. The number of aliphatic imine (C=N–C) groups is 1. The highest BCUT2D eigenvalue weighted by Gasteiger charge is 2.33. The molecule has 0 spiro atoms. The van der Waals surface area contributed by atoms with Gasteiger partial charge in [0.1, 0.15) is 11.4 Å².